The van der Waals surface area contributed by atoms with Crippen LogP contribution < -0.4 is 10.1 Å². The summed E-state index contributed by atoms with van der Waals surface area (Å²) in [4.78, 5) is 12.7. The molecule has 1 amide bonds. The Morgan fingerprint density at radius 2 is 1.61 bits per heavy atom. The van der Waals surface area contributed by atoms with Crippen LogP contribution in [0.2, 0.25) is 0 Å². The minimum Gasteiger partial charge on any atom is -0.497 e. The Labute approximate surface area is 185 Å². The van der Waals surface area contributed by atoms with Gasteiger partial charge in [-0.25, -0.2) is 8.42 Å². The van der Waals surface area contributed by atoms with Gasteiger partial charge in [0, 0.05) is 19.1 Å². The highest BCUT2D eigenvalue weighted by molar-refractivity contribution is 7.89. The van der Waals surface area contributed by atoms with Crippen LogP contribution in [0.3, 0.4) is 0 Å². The summed E-state index contributed by atoms with van der Waals surface area (Å²) in [5.41, 5.74) is 1.99. The molecule has 0 atom stereocenters. The highest BCUT2D eigenvalue weighted by Crippen LogP contribution is 2.26. The van der Waals surface area contributed by atoms with Gasteiger partial charge >= 0.3 is 0 Å². The summed E-state index contributed by atoms with van der Waals surface area (Å²) < 4.78 is 32.6. The maximum atomic E-state index is 13.0. The summed E-state index contributed by atoms with van der Waals surface area (Å²) in [5, 5.41) is 3.04. The third-order valence-corrected chi connectivity index (χ3v) is 7.61. The molecule has 6 nitrogen and oxygen atoms in total. The standard InChI is InChI=1S/C24H32N2O4S/c1-24(2,3)19-7-11-22(12-8-19)31(28,29)26-15-13-20(14-16-26)25-23(27)17-18-5-9-21(30-4)10-6-18/h5-12,20H,13-17H2,1-4H3,(H,25,27). The Balaban J connectivity index is 1.54. The summed E-state index contributed by atoms with van der Waals surface area (Å²) in [6.07, 6.45) is 1.50. The Bertz CT molecular complexity index is 985. The van der Waals surface area contributed by atoms with Crippen molar-refractivity contribution in [3.05, 3.63) is 59.7 Å². The van der Waals surface area contributed by atoms with Gasteiger partial charge in [0.05, 0.1) is 18.4 Å². The van der Waals surface area contributed by atoms with Crippen molar-refractivity contribution in [2.24, 2.45) is 0 Å². The van der Waals surface area contributed by atoms with Gasteiger partial charge in [0.1, 0.15) is 5.75 Å². The van der Waals surface area contributed by atoms with Crippen LogP contribution >= 0.6 is 0 Å². The number of amides is 1. The first-order valence-corrected chi connectivity index (χ1v) is 12.1. The van der Waals surface area contributed by atoms with Crippen LogP contribution in [0, 0.1) is 0 Å². The highest BCUT2D eigenvalue weighted by Gasteiger charge is 2.30. The summed E-state index contributed by atoms with van der Waals surface area (Å²) in [5.74, 6) is 0.704. The first-order chi connectivity index (χ1) is 14.6. The third kappa shape index (κ3) is 5.86. The average molecular weight is 445 g/mol. The summed E-state index contributed by atoms with van der Waals surface area (Å²) in [7, 11) is -1.92. The van der Waals surface area contributed by atoms with Gasteiger partial charge in [0.2, 0.25) is 15.9 Å². The zero-order valence-corrected chi connectivity index (χ0v) is 19.5. The van der Waals surface area contributed by atoms with Crippen LogP contribution in [0.1, 0.15) is 44.7 Å². The second-order valence-electron chi connectivity index (χ2n) is 9.05. The van der Waals surface area contributed by atoms with Gasteiger partial charge in [-0.05, 0) is 53.6 Å². The fourth-order valence-electron chi connectivity index (χ4n) is 3.72. The molecule has 1 aliphatic heterocycles. The second kappa shape index (κ2) is 9.40. The number of nitrogens with one attached hydrogen (secondary N) is 1. The quantitative estimate of drug-likeness (QED) is 0.740. The number of benzene rings is 2. The fraction of sp³-hybridized carbons (Fsp3) is 0.458. The van der Waals surface area contributed by atoms with E-state index < -0.39 is 10.0 Å². The van der Waals surface area contributed by atoms with E-state index in [0.717, 1.165) is 16.9 Å². The molecule has 0 aliphatic carbocycles. The molecule has 0 radical (unpaired) electrons. The maximum absolute atomic E-state index is 13.0. The van der Waals surface area contributed by atoms with Gasteiger partial charge in [-0.2, -0.15) is 4.31 Å². The molecule has 0 bridgehead atoms. The fourth-order valence-corrected chi connectivity index (χ4v) is 5.19. The maximum Gasteiger partial charge on any atom is 0.243 e. The van der Waals surface area contributed by atoms with E-state index in [9.17, 15) is 13.2 Å². The molecular formula is C24H32N2O4S. The lowest BCUT2D eigenvalue weighted by molar-refractivity contribution is -0.121. The lowest BCUT2D eigenvalue weighted by Gasteiger charge is -2.31. The molecular weight excluding hydrogens is 412 g/mol. The van der Waals surface area contributed by atoms with E-state index in [2.05, 4.69) is 26.1 Å². The van der Waals surface area contributed by atoms with E-state index in [1.54, 1.807) is 19.2 Å². The number of ether oxygens (including phenoxy) is 1. The minimum absolute atomic E-state index is 0.0135. The van der Waals surface area contributed by atoms with Crippen LogP contribution in [-0.4, -0.2) is 44.9 Å². The number of rotatable bonds is 6. The first-order valence-electron chi connectivity index (χ1n) is 10.6. The van der Waals surface area contributed by atoms with Crippen molar-refractivity contribution in [1.29, 1.82) is 0 Å². The molecule has 1 aliphatic rings. The largest absolute Gasteiger partial charge is 0.497 e. The molecule has 1 N–H and O–H groups in total. The van der Waals surface area contributed by atoms with E-state index in [-0.39, 0.29) is 17.4 Å². The molecule has 0 unspecified atom stereocenters. The van der Waals surface area contributed by atoms with Crippen LogP contribution in [-0.2, 0) is 26.7 Å². The first kappa shape index (κ1) is 23.3. The predicted molar refractivity (Wildman–Crippen MR) is 122 cm³/mol. The van der Waals surface area contributed by atoms with Crippen molar-refractivity contribution in [3.8, 4) is 5.75 Å². The lowest BCUT2D eigenvalue weighted by atomic mass is 9.87. The van der Waals surface area contributed by atoms with Gasteiger partial charge in [-0.3, -0.25) is 4.79 Å². The number of methoxy groups -OCH3 is 1. The number of carbonyl (C=O) groups is 1. The van der Waals surface area contributed by atoms with Crippen molar-refractivity contribution in [2.75, 3.05) is 20.2 Å². The molecule has 31 heavy (non-hydrogen) atoms. The molecule has 2 aromatic carbocycles. The Morgan fingerprint density at radius 3 is 2.13 bits per heavy atom. The topological polar surface area (TPSA) is 75.7 Å². The van der Waals surface area contributed by atoms with Crippen LogP contribution in [0.15, 0.2) is 53.4 Å². The number of nitrogens with zero attached hydrogens (tertiary/aromatic N) is 1. The van der Waals surface area contributed by atoms with E-state index >= 15 is 0 Å². The van der Waals surface area contributed by atoms with Gasteiger partial charge in [0.15, 0.2) is 0 Å². The number of piperidine rings is 1. The third-order valence-electron chi connectivity index (χ3n) is 5.70. The van der Waals surface area contributed by atoms with Crippen LogP contribution in [0.25, 0.3) is 0 Å². The van der Waals surface area contributed by atoms with E-state index in [0.29, 0.717) is 37.2 Å². The highest BCUT2D eigenvalue weighted by atomic mass is 32.2. The van der Waals surface area contributed by atoms with Crippen LogP contribution in [0.4, 0.5) is 0 Å². The second-order valence-corrected chi connectivity index (χ2v) is 11.0. The Hall–Kier alpha value is -2.38. The van der Waals surface area contributed by atoms with Crippen molar-refractivity contribution in [2.45, 2.75) is 56.4 Å². The molecule has 1 saturated heterocycles. The molecule has 1 heterocycles. The Kier molecular flexibility index (Phi) is 7.06. The average Bonchev–Trinajstić information content (AvgIpc) is 2.74. The Morgan fingerprint density at radius 1 is 1.03 bits per heavy atom. The molecule has 7 heteroatoms. The predicted octanol–water partition coefficient (Wildman–Crippen LogP) is 3.50. The van der Waals surface area contributed by atoms with Gasteiger partial charge in [0.25, 0.3) is 0 Å². The van der Waals surface area contributed by atoms with Crippen molar-refractivity contribution < 1.29 is 17.9 Å². The zero-order chi connectivity index (χ0) is 22.6. The van der Waals surface area contributed by atoms with E-state index in [1.165, 1.54) is 4.31 Å². The number of sulfonamides is 1. The van der Waals surface area contributed by atoms with Gasteiger partial charge in [-0.15, -0.1) is 0 Å². The number of hydrogen-bond donors (Lipinski definition) is 1. The van der Waals surface area contributed by atoms with E-state index in [1.807, 2.05) is 36.4 Å². The molecule has 0 spiro atoms. The zero-order valence-electron chi connectivity index (χ0n) is 18.7. The van der Waals surface area contributed by atoms with Gasteiger partial charge in [-0.1, -0.05) is 45.0 Å². The smallest absolute Gasteiger partial charge is 0.243 e. The molecule has 168 valence electrons. The van der Waals surface area contributed by atoms with E-state index in [4.69, 9.17) is 4.74 Å². The van der Waals surface area contributed by atoms with Crippen molar-refractivity contribution >= 4 is 15.9 Å². The molecule has 1 fully saturated rings. The number of hydrogen-bond acceptors (Lipinski definition) is 4. The molecule has 0 aromatic heterocycles. The number of carbonyl (C=O) groups excluding carboxylic acids is 1. The van der Waals surface area contributed by atoms with Crippen molar-refractivity contribution in [3.63, 3.8) is 0 Å². The summed E-state index contributed by atoms with van der Waals surface area (Å²) >= 11 is 0. The lowest BCUT2D eigenvalue weighted by Crippen LogP contribution is -2.46. The summed E-state index contributed by atoms with van der Waals surface area (Å²) in [6.45, 7) is 7.10. The van der Waals surface area contributed by atoms with Crippen LogP contribution in [0.5, 0.6) is 5.75 Å². The molecule has 3 rings (SSSR count). The molecule has 0 saturated carbocycles. The van der Waals surface area contributed by atoms with Crippen molar-refractivity contribution in [1.82, 2.24) is 9.62 Å². The monoisotopic (exact) mass is 444 g/mol. The SMILES string of the molecule is COc1ccc(CC(=O)NC2CCN(S(=O)(=O)c3ccc(C(C)(C)C)cc3)CC2)cc1. The van der Waals surface area contributed by atoms with Gasteiger partial charge < -0.3 is 10.1 Å². The normalized spacial score (nSPS) is 16.1. The minimum atomic E-state index is -3.52. The summed E-state index contributed by atoms with van der Waals surface area (Å²) in [6, 6.07) is 14.6. The molecule has 2 aromatic rings.